The Morgan fingerprint density at radius 1 is 1.17 bits per heavy atom. The normalized spacial score (nSPS) is 20.7. The predicted octanol–water partition coefficient (Wildman–Crippen LogP) is 4.74. The summed E-state index contributed by atoms with van der Waals surface area (Å²) in [5.41, 5.74) is 5.60. The molecular formula is C24H23ClN2O2. The van der Waals surface area contributed by atoms with Crippen LogP contribution in [0.15, 0.2) is 48.5 Å². The van der Waals surface area contributed by atoms with E-state index in [1.54, 1.807) is 7.11 Å². The summed E-state index contributed by atoms with van der Waals surface area (Å²) in [5, 5.41) is 5.10. The van der Waals surface area contributed by atoms with Crippen LogP contribution in [0.2, 0.25) is 5.15 Å². The fourth-order valence-electron chi connectivity index (χ4n) is 4.18. The van der Waals surface area contributed by atoms with Gasteiger partial charge in [0.15, 0.2) is 0 Å². The number of allylic oxidation sites excluding steroid dienone is 1. The van der Waals surface area contributed by atoms with Gasteiger partial charge in [0.05, 0.1) is 11.6 Å². The van der Waals surface area contributed by atoms with E-state index in [0.717, 1.165) is 41.6 Å². The molecular weight excluding hydrogens is 384 g/mol. The zero-order valence-corrected chi connectivity index (χ0v) is 17.1. The van der Waals surface area contributed by atoms with Crippen molar-refractivity contribution in [3.8, 4) is 5.75 Å². The lowest BCUT2D eigenvalue weighted by molar-refractivity contribution is 0.115. The number of para-hydroxylation sites is 1. The van der Waals surface area contributed by atoms with Gasteiger partial charge < -0.3 is 14.8 Å². The van der Waals surface area contributed by atoms with Crippen molar-refractivity contribution in [2.75, 3.05) is 20.3 Å². The number of methoxy groups -OCH3 is 1. The lowest BCUT2D eigenvalue weighted by Crippen LogP contribution is -2.28. The fourth-order valence-corrected chi connectivity index (χ4v) is 4.45. The topological polar surface area (TPSA) is 43.4 Å². The van der Waals surface area contributed by atoms with E-state index >= 15 is 0 Å². The SMILES string of the molecule is CO[C@H]1CN[C@H](COc2ccc3c(c2)C=C(c2cc4ccccc4nc2Cl)C3)C1. The van der Waals surface area contributed by atoms with Crippen LogP contribution in [0.3, 0.4) is 0 Å². The first-order chi connectivity index (χ1) is 14.2. The summed E-state index contributed by atoms with van der Waals surface area (Å²) in [5.74, 6) is 0.895. The first kappa shape index (κ1) is 18.6. The van der Waals surface area contributed by atoms with Crippen LogP contribution in [-0.2, 0) is 11.2 Å². The van der Waals surface area contributed by atoms with Gasteiger partial charge in [-0.3, -0.25) is 0 Å². The Balaban J connectivity index is 1.34. The van der Waals surface area contributed by atoms with Gasteiger partial charge in [0.2, 0.25) is 0 Å². The highest BCUT2D eigenvalue weighted by atomic mass is 35.5. The molecule has 2 aromatic carbocycles. The van der Waals surface area contributed by atoms with Gasteiger partial charge >= 0.3 is 0 Å². The molecule has 1 N–H and O–H groups in total. The van der Waals surface area contributed by atoms with Crippen molar-refractivity contribution in [3.05, 3.63) is 70.4 Å². The third-order valence-electron chi connectivity index (χ3n) is 5.82. The van der Waals surface area contributed by atoms with Crippen molar-refractivity contribution in [2.45, 2.75) is 25.0 Å². The summed E-state index contributed by atoms with van der Waals surface area (Å²) in [4.78, 5) is 4.57. The molecule has 3 aromatic rings. The number of benzene rings is 2. The third kappa shape index (κ3) is 3.76. The van der Waals surface area contributed by atoms with E-state index in [0.29, 0.717) is 17.8 Å². The number of hydrogen-bond acceptors (Lipinski definition) is 4. The highest BCUT2D eigenvalue weighted by Gasteiger charge is 2.24. The minimum atomic E-state index is 0.287. The van der Waals surface area contributed by atoms with Gasteiger partial charge in [-0.05, 0) is 53.8 Å². The quantitative estimate of drug-likeness (QED) is 0.621. The number of pyridine rings is 1. The van der Waals surface area contributed by atoms with Gasteiger partial charge in [-0.15, -0.1) is 0 Å². The van der Waals surface area contributed by atoms with Crippen LogP contribution in [0.1, 0.15) is 23.1 Å². The van der Waals surface area contributed by atoms with E-state index in [1.165, 1.54) is 16.7 Å². The van der Waals surface area contributed by atoms with Crippen molar-refractivity contribution in [1.82, 2.24) is 10.3 Å². The molecule has 4 nitrogen and oxygen atoms in total. The molecule has 5 rings (SSSR count). The van der Waals surface area contributed by atoms with E-state index in [9.17, 15) is 0 Å². The number of hydrogen-bond donors (Lipinski definition) is 1. The number of aromatic nitrogens is 1. The van der Waals surface area contributed by atoms with Crippen LogP contribution in [0, 0.1) is 0 Å². The van der Waals surface area contributed by atoms with E-state index in [4.69, 9.17) is 21.1 Å². The van der Waals surface area contributed by atoms with E-state index < -0.39 is 0 Å². The van der Waals surface area contributed by atoms with Crippen LogP contribution in [0.4, 0.5) is 0 Å². The fraction of sp³-hybridized carbons (Fsp3) is 0.292. The lowest BCUT2D eigenvalue weighted by atomic mass is 10.0. The molecule has 2 aliphatic rings. The van der Waals surface area contributed by atoms with E-state index in [-0.39, 0.29) is 6.10 Å². The number of fused-ring (bicyclic) bond motifs is 2. The van der Waals surface area contributed by atoms with Crippen molar-refractivity contribution in [2.24, 2.45) is 0 Å². The standard InChI is InChI=1S/C24H23ClN2O2/c1-28-21-12-19(26-13-21)14-29-20-7-6-15-8-18(9-17(15)10-20)22-11-16-4-2-3-5-23(16)27-24(22)25/h2-7,9-11,19,21,26H,8,12-14H2,1H3/t19-,21+/m0/s1. The van der Waals surface area contributed by atoms with Crippen LogP contribution in [-0.4, -0.2) is 37.4 Å². The Labute approximate surface area is 175 Å². The summed E-state index contributed by atoms with van der Waals surface area (Å²) in [6, 6.07) is 16.9. The molecule has 2 heterocycles. The molecule has 29 heavy (non-hydrogen) atoms. The molecule has 0 spiro atoms. The molecule has 0 unspecified atom stereocenters. The Kier molecular flexibility index (Phi) is 5.00. The Morgan fingerprint density at radius 2 is 2.07 bits per heavy atom. The maximum Gasteiger partial charge on any atom is 0.137 e. The number of halogens is 1. The molecule has 1 fully saturated rings. The summed E-state index contributed by atoms with van der Waals surface area (Å²) in [6.45, 7) is 1.54. The van der Waals surface area contributed by atoms with Gasteiger partial charge in [-0.25, -0.2) is 4.98 Å². The summed E-state index contributed by atoms with van der Waals surface area (Å²) in [7, 11) is 1.76. The first-order valence-electron chi connectivity index (χ1n) is 9.98. The molecule has 5 heteroatoms. The minimum absolute atomic E-state index is 0.287. The summed E-state index contributed by atoms with van der Waals surface area (Å²) < 4.78 is 11.4. The van der Waals surface area contributed by atoms with E-state index in [2.05, 4.69) is 46.7 Å². The zero-order chi connectivity index (χ0) is 19.8. The number of rotatable bonds is 5. The Bertz CT molecular complexity index is 1100. The molecule has 0 saturated carbocycles. The van der Waals surface area contributed by atoms with Gasteiger partial charge in [0, 0.05) is 30.6 Å². The second-order valence-electron chi connectivity index (χ2n) is 7.74. The average Bonchev–Trinajstić information content (AvgIpc) is 3.38. The molecule has 1 aliphatic carbocycles. The van der Waals surface area contributed by atoms with Gasteiger partial charge in [0.1, 0.15) is 17.5 Å². The maximum atomic E-state index is 6.51. The average molecular weight is 407 g/mol. The molecule has 1 aliphatic heterocycles. The van der Waals surface area contributed by atoms with Crippen molar-refractivity contribution < 1.29 is 9.47 Å². The summed E-state index contributed by atoms with van der Waals surface area (Å²) >= 11 is 6.51. The highest BCUT2D eigenvalue weighted by molar-refractivity contribution is 6.32. The largest absolute Gasteiger partial charge is 0.492 e. The third-order valence-corrected chi connectivity index (χ3v) is 6.11. The molecule has 1 saturated heterocycles. The second-order valence-corrected chi connectivity index (χ2v) is 8.09. The zero-order valence-electron chi connectivity index (χ0n) is 16.3. The molecule has 1 aromatic heterocycles. The molecule has 0 amide bonds. The van der Waals surface area contributed by atoms with Crippen LogP contribution in [0.5, 0.6) is 5.75 Å². The predicted molar refractivity (Wildman–Crippen MR) is 117 cm³/mol. The highest BCUT2D eigenvalue weighted by Crippen LogP contribution is 2.37. The lowest BCUT2D eigenvalue weighted by Gasteiger charge is -2.13. The van der Waals surface area contributed by atoms with Crippen molar-refractivity contribution in [1.29, 1.82) is 0 Å². The van der Waals surface area contributed by atoms with Crippen molar-refractivity contribution in [3.63, 3.8) is 0 Å². The summed E-state index contributed by atoms with van der Waals surface area (Å²) in [6.07, 6.45) is 4.33. The smallest absolute Gasteiger partial charge is 0.137 e. The molecule has 148 valence electrons. The Morgan fingerprint density at radius 3 is 2.93 bits per heavy atom. The van der Waals surface area contributed by atoms with Crippen LogP contribution in [0.25, 0.3) is 22.6 Å². The van der Waals surface area contributed by atoms with Crippen LogP contribution < -0.4 is 10.1 Å². The minimum Gasteiger partial charge on any atom is -0.492 e. The second kappa shape index (κ2) is 7.79. The number of nitrogens with one attached hydrogen (secondary N) is 1. The molecule has 0 bridgehead atoms. The van der Waals surface area contributed by atoms with Gasteiger partial charge in [-0.1, -0.05) is 41.9 Å². The number of ether oxygens (including phenoxy) is 2. The number of nitrogens with zero attached hydrogens (tertiary/aromatic N) is 1. The monoisotopic (exact) mass is 406 g/mol. The van der Waals surface area contributed by atoms with Crippen molar-refractivity contribution >= 4 is 34.2 Å². The van der Waals surface area contributed by atoms with Crippen LogP contribution >= 0.6 is 11.6 Å². The molecule has 2 atom stereocenters. The first-order valence-corrected chi connectivity index (χ1v) is 10.4. The molecule has 0 radical (unpaired) electrons. The van der Waals surface area contributed by atoms with E-state index in [1.807, 2.05) is 18.2 Å². The van der Waals surface area contributed by atoms with Gasteiger partial charge in [0.25, 0.3) is 0 Å². The maximum absolute atomic E-state index is 6.51. The Hall–Kier alpha value is -2.40. The van der Waals surface area contributed by atoms with Gasteiger partial charge in [-0.2, -0.15) is 0 Å².